The molecule has 1 saturated heterocycles. The van der Waals surface area contributed by atoms with Crippen LogP contribution in [0.2, 0.25) is 5.02 Å². The zero-order valence-corrected chi connectivity index (χ0v) is 9.61. The van der Waals surface area contributed by atoms with Crippen molar-refractivity contribution in [1.82, 2.24) is 4.90 Å². The topological polar surface area (TPSA) is 3.24 Å². The summed E-state index contributed by atoms with van der Waals surface area (Å²) in [5, 5.41) is 0.862. The smallest absolute Gasteiger partial charge is 0.0462 e. The minimum absolute atomic E-state index is 0.862. The third kappa shape index (κ3) is 2.25. The van der Waals surface area contributed by atoms with Crippen LogP contribution in [0.4, 0.5) is 0 Å². The lowest BCUT2D eigenvalue weighted by atomic mass is 10.1. The van der Waals surface area contributed by atoms with E-state index in [1.165, 1.54) is 25.1 Å². The van der Waals surface area contributed by atoms with Crippen molar-refractivity contribution in [1.29, 1.82) is 0 Å². The van der Waals surface area contributed by atoms with Gasteiger partial charge in [0, 0.05) is 16.0 Å². The van der Waals surface area contributed by atoms with E-state index in [0.29, 0.717) is 0 Å². The highest BCUT2D eigenvalue weighted by atomic mass is 79.9. The second kappa shape index (κ2) is 3.99. The van der Waals surface area contributed by atoms with Gasteiger partial charge in [-0.25, -0.2) is 0 Å². The van der Waals surface area contributed by atoms with Crippen LogP contribution in [0.15, 0.2) is 22.7 Å². The zero-order chi connectivity index (χ0) is 9.26. The molecule has 0 spiro atoms. The van der Waals surface area contributed by atoms with Crippen molar-refractivity contribution < 1.29 is 0 Å². The summed E-state index contributed by atoms with van der Waals surface area (Å²) in [6, 6.07) is 6.09. The average molecular weight is 261 g/mol. The van der Waals surface area contributed by atoms with E-state index in [2.05, 4.69) is 26.9 Å². The molecular formula is C10H11BrClN. The Morgan fingerprint density at radius 3 is 2.69 bits per heavy atom. The largest absolute Gasteiger partial charge is 0.299 e. The molecule has 0 aliphatic carbocycles. The maximum atomic E-state index is 6.10. The van der Waals surface area contributed by atoms with Gasteiger partial charge in [-0.05, 0) is 37.2 Å². The molecule has 3 heteroatoms. The van der Waals surface area contributed by atoms with E-state index in [9.17, 15) is 0 Å². The third-order valence-electron chi connectivity index (χ3n) is 2.36. The van der Waals surface area contributed by atoms with Crippen LogP contribution in [-0.4, -0.2) is 18.0 Å². The molecular weight excluding hydrogens is 249 g/mol. The first kappa shape index (κ1) is 9.50. The maximum Gasteiger partial charge on any atom is 0.0462 e. The zero-order valence-electron chi connectivity index (χ0n) is 7.26. The second-order valence-electron chi connectivity index (χ2n) is 3.37. The molecule has 2 rings (SSSR count). The number of nitrogens with zero attached hydrogens (tertiary/aromatic N) is 1. The van der Waals surface area contributed by atoms with E-state index in [0.717, 1.165) is 16.0 Å². The molecule has 0 radical (unpaired) electrons. The molecule has 1 aromatic carbocycles. The molecule has 70 valence electrons. The summed E-state index contributed by atoms with van der Waals surface area (Å²) in [5.41, 5.74) is 1.23. The minimum Gasteiger partial charge on any atom is -0.299 e. The lowest BCUT2D eigenvalue weighted by Crippen LogP contribution is -2.36. The molecule has 0 saturated carbocycles. The quantitative estimate of drug-likeness (QED) is 0.788. The number of rotatable bonds is 2. The Kier molecular flexibility index (Phi) is 2.92. The van der Waals surface area contributed by atoms with Crippen LogP contribution in [0, 0.1) is 0 Å². The first-order valence-electron chi connectivity index (χ1n) is 4.42. The van der Waals surface area contributed by atoms with Crippen molar-refractivity contribution in [2.24, 2.45) is 0 Å². The SMILES string of the molecule is Clc1cc(Br)ccc1CN1CCC1. The van der Waals surface area contributed by atoms with E-state index in [1.54, 1.807) is 0 Å². The minimum atomic E-state index is 0.862. The van der Waals surface area contributed by atoms with E-state index in [-0.39, 0.29) is 0 Å². The number of halogens is 2. The molecule has 0 amide bonds. The lowest BCUT2D eigenvalue weighted by molar-refractivity contribution is 0.172. The molecule has 1 heterocycles. The van der Waals surface area contributed by atoms with Crippen molar-refractivity contribution in [3.05, 3.63) is 33.3 Å². The predicted octanol–water partition coefficient (Wildman–Crippen LogP) is 3.31. The van der Waals surface area contributed by atoms with E-state index >= 15 is 0 Å². The molecule has 1 aromatic rings. The summed E-state index contributed by atoms with van der Waals surface area (Å²) in [6.07, 6.45) is 1.33. The molecule has 0 bridgehead atoms. The molecule has 0 unspecified atom stereocenters. The number of hydrogen-bond donors (Lipinski definition) is 0. The lowest BCUT2D eigenvalue weighted by Gasteiger charge is -2.30. The van der Waals surface area contributed by atoms with Crippen LogP contribution >= 0.6 is 27.5 Å². The third-order valence-corrected chi connectivity index (χ3v) is 3.20. The Balaban J connectivity index is 2.10. The molecule has 1 aliphatic heterocycles. The molecule has 0 atom stereocenters. The van der Waals surface area contributed by atoms with Crippen LogP contribution in [0.5, 0.6) is 0 Å². The van der Waals surface area contributed by atoms with Gasteiger partial charge in [-0.15, -0.1) is 0 Å². The average Bonchev–Trinajstić information content (AvgIpc) is 1.99. The summed E-state index contributed by atoms with van der Waals surface area (Å²) < 4.78 is 1.05. The molecule has 13 heavy (non-hydrogen) atoms. The Morgan fingerprint density at radius 1 is 1.38 bits per heavy atom. The van der Waals surface area contributed by atoms with Gasteiger partial charge >= 0.3 is 0 Å². The Hall–Kier alpha value is -0.0500. The molecule has 1 aliphatic rings. The number of benzene rings is 1. The summed E-state index contributed by atoms with van der Waals surface area (Å²) in [7, 11) is 0. The van der Waals surface area contributed by atoms with Gasteiger partial charge < -0.3 is 0 Å². The summed E-state index contributed by atoms with van der Waals surface area (Å²) in [6.45, 7) is 3.42. The standard InChI is InChI=1S/C10H11BrClN/c11-9-3-2-8(10(12)6-9)7-13-4-1-5-13/h2-3,6H,1,4-5,7H2. The Morgan fingerprint density at radius 2 is 2.15 bits per heavy atom. The normalized spacial score (nSPS) is 17.1. The van der Waals surface area contributed by atoms with Gasteiger partial charge in [-0.3, -0.25) is 4.90 Å². The van der Waals surface area contributed by atoms with Crippen LogP contribution in [0.25, 0.3) is 0 Å². The van der Waals surface area contributed by atoms with Crippen LogP contribution in [-0.2, 0) is 6.54 Å². The highest BCUT2D eigenvalue weighted by molar-refractivity contribution is 9.10. The van der Waals surface area contributed by atoms with E-state index < -0.39 is 0 Å². The van der Waals surface area contributed by atoms with Gasteiger partial charge in [0.1, 0.15) is 0 Å². The fourth-order valence-electron chi connectivity index (χ4n) is 1.43. The molecule has 0 N–H and O–H groups in total. The first-order chi connectivity index (χ1) is 6.25. The molecule has 1 fully saturated rings. The number of hydrogen-bond acceptors (Lipinski definition) is 1. The van der Waals surface area contributed by atoms with Gasteiger partial charge in [0.15, 0.2) is 0 Å². The number of likely N-dealkylation sites (tertiary alicyclic amines) is 1. The van der Waals surface area contributed by atoms with Gasteiger partial charge in [0.25, 0.3) is 0 Å². The van der Waals surface area contributed by atoms with Crippen LogP contribution in [0.1, 0.15) is 12.0 Å². The summed E-state index contributed by atoms with van der Waals surface area (Å²) in [5.74, 6) is 0. The van der Waals surface area contributed by atoms with Gasteiger partial charge in [-0.2, -0.15) is 0 Å². The van der Waals surface area contributed by atoms with Crippen molar-refractivity contribution in [3.8, 4) is 0 Å². The Bertz CT molecular complexity index is 310. The predicted molar refractivity (Wildman–Crippen MR) is 59.0 cm³/mol. The maximum absolute atomic E-state index is 6.10. The van der Waals surface area contributed by atoms with Crippen molar-refractivity contribution in [2.75, 3.05) is 13.1 Å². The van der Waals surface area contributed by atoms with Crippen molar-refractivity contribution >= 4 is 27.5 Å². The van der Waals surface area contributed by atoms with E-state index in [1.807, 2.05) is 12.1 Å². The fourth-order valence-corrected chi connectivity index (χ4v) is 2.16. The monoisotopic (exact) mass is 259 g/mol. The van der Waals surface area contributed by atoms with Gasteiger partial charge in [0.05, 0.1) is 0 Å². The van der Waals surface area contributed by atoms with Crippen molar-refractivity contribution in [2.45, 2.75) is 13.0 Å². The van der Waals surface area contributed by atoms with Gasteiger partial charge in [-0.1, -0.05) is 33.6 Å². The van der Waals surface area contributed by atoms with Crippen LogP contribution < -0.4 is 0 Å². The molecule has 0 aromatic heterocycles. The highest BCUT2D eigenvalue weighted by Crippen LogP contribution is 2.23. The van der Waals surface area contributed by atoms with Crippen molar-refractivity contribution in [3.63, 3.8) is 0 Å². The van der Waals surface area contributed by atoms with E-state index in [4.69, 9.17) is 11.6 Å². The summed E-state index contributed by atoms with van der Waals surface area (Å²) >= 11 is 9.49. The highest BCUT2D eigenvalue weighted by Gasteiger charge is 2.14. The van der Waals surface area contributed by atoms with Gasteiger partial charge in [0.2, 0.25) is 0 Å². The summed E-state index contributed by atoms with van der Waals surface area (Å²) in [4.78, 5) is 2.40. The second-order valence-corrected chi connectivity index (χ2v) is 4.69. The van der Waals surface area contributed by atoms with Crippen LogP contribution in [0.3, 0.4) is 0 Å². The fraction of sp³-hybridized carbons (Fsp3) is 0.400. The molecule has 1 nitrogen and oxygen atoms in total. The first-order valence-corrected chi connectivity index (χ1v) is 5.59. The Labute approximate surface area is 91.8 Å².